The molecule has 0 bridgehead atoms. The monoisotopic (exact) mass is 254 g/mol. The second kappa shape index (κ2) is 6.55. The molecule has 0 saturated carbocycles. The zero-order valence-corrected chi connectivity index (χ0v) is 12.8. The van der Waals surface area contributed by atoms with Crippen LogP contribution in [0, 0.1) is 11.3 Å². The quantitative estimate of drug-likeness (QED) is 0.840. The van der Waals surface area contributed by atoms with Crippen molar-refractivity contribution in [2.24, 2.45) is 11.3 Å². The second-order valence-corrected chi connectivity index (χ2v) is 6.91. The summed E-state index contributed by atoms with van der Waals surface area (Å²) in [5.41, 5.74) is 0.370. The van der Waals surface area contributed by atoms with Crippen LogP contribution in [-0.4, -0.2) is 36.5 Å². The Morgan fingerprint density at radius 1 is 1.28 bits per heavy atom. The van der Waals surface area contributed by atoms with E-state index in [0.717, 1.165) is 31.8 Å². The molecule has 1 amide bonds. The molecule has 0 aromatic rings. The van der Waals surface area contributed by atoms with Crippen LogP contribution >= 0.6 is 0 Å². The first-order chi connectivity index (χ1) is 8.30. The van der Waals surface area contributed by atoms with Crippen LogP contribution in [0.3, 0.4) is 0 Å². The van der Waals surface area contributed by atoms with Crippen LogP contribution in [0.2, 0.25) is 0 Å². The van der Waals surface area contributed by atoms with E-state index in [1.165, 1.54) is 6.42 Å². The maximum absolute atomic E-state index is 12.1. The molecular weight excluding hydrogens is 224 g/mol. The van der Waals surface area contributed by atoms with E-state index in [0.29, 0.717) is 18.0 Å². The first-order valence-electron chi connectivity index (χ1n) is 7.32. The van der Waals surface area contributed by atoms with Crippen molar-refractivity contribution in [3.05, 3.63) is 0 Å². The van der Waals surface area contributed by atoms with Gasteiger partial charge in [0.25, 0.3) is 0 Å². The van der Waals surface area contributed by atoms with Crippen LogP contribution in [0.25, 0.3) is 0 Å². The van der Waals surface area contributed by atoms with Gasteiger partial charge in [-0.3, -0.25) is 4.79 Å². The Labute approximate surface area is 112 Å². The van der Waals surface area contributed by atoms with E-state index in [-0.39, 0.29) is 5.91 Å². The molecule has 1 N–H and O–H groups in total. The number of rotatable bonds is 3. The smallest absolute Gasteiger partial charge is 0.236 e. The van der Waals surface area contributed by atoms with E-state index in [4.69, 9.17) is 0 Å². The highest BCUT2D eigenvalue weighted by atomic mass is 16.2. The molecule has 3 nitrogen and oxygen atoms in total. The predicted molar refractivity (Wildman–Crippen MR) is 76.5 cm³/mol. The predicted octanol–water partition coefficient (Wildman–Crippen LogP) is 2.66. The van der Waals surface area contributed by atoms with Crippen LogP contribution in [0.1, 0.15) is 53.9 Å². The first kappa shape index (κ1) is 15.5. The van der Waals surface area contributed by atoms with Gasteiger partial charge >= 0.3 is 0 Å². The Hall–Kier alpha value is -0.570. The molecule has 3 heteroatoms. The molecule has 106 valence electrons. The molecule has 1 atom stereocenters. The summed E-state index contributed by atoms with van der Waals surface area (Å²) in [6.07, 6.45) is 3.55. The van der Waals surface area contributed by atoms with Gasteiger partial charge in [0.05, 0.1) is 6.54 Å². The average molecular weight is 254 g/mol. The Bertz CT molecular complexity index is 268. The lowest BCUT2D eigenvalue weighted by molar-refractivity contribution is -0.130. The Morgan fingerprint density at radius 2 is 1.94 bits per heavy atom. The Balaban J connectivity index is 2.44. The van der Waals surface area contributed by atoms with Crippen molar-refractivity contribution in [3.63, 3.8) is 0 Å². The van der Waals surface area contributed by atoms with Crippen molar-refractivity contribution in [3.8, 4) is 0 Å². The molecule has 1 aliphatic heterocycles. The van der Waals surface area contributed by atoms with E-state index in [9.17, 15) is 4.79 Å². The van der Waals surface area contributed by atoms with Crippen molar-refractivity contribution in [1.29, 1.82) is 0 Å². The van der Waals surface area contributed by atoms with Crippen LogP contribution in [-0.2, 0) is 4.79 Å². The van der Waals surface area contributed by atoms with Crippen molar-refractivity contribution >= 4 is 5.91 Å². The topological polar surface area (TPSA) is 32.3 Å². The summed E-state index contributed by atoms with van der Waals surface area (Å²) in [5.74, 6) is 1.01. The number of amides is 1. The highest BCUT2D eigenvalue weighted by Crippen LogP contribution is 2.34. The molecule has 1 fully saturated rings. The fourth-order valence-corrected chi connectivity index (χ4v) is 2.62. The molecule has 18 heavy (non-hydrogen) atoms. The largest absolute Gasteiger partial charge is 0.342 e. The van der Waals surface area contributed by atoms with Gasteiger partial charge in [-0.2, -0.15) is 0 Å². The third kappa shape index (κ3) is 4.97. The maximum atomic E-state index is 12.1. The highest BCUT2D eigenvalue weighted by molar-refractivity contribution is 5.78. The number of carbonyl (C=O) groups excluding carboxylic acids is 1. The molecule has 1 rings (SSSR count). The second-order valence-electron chi connectivity index (χ2n) is 6.91. The van der Waals surface area contributed by atoms with E-state index >= 15 is 0 Å². The minimum atomic E-state index is 0.262. The number of likely N-dealkylation sites (tertiary alicyclic amines) is 1. The van der Waals surface area contributed by atoms with Gasteiger partial charge in [-0.25, -0.2) is 0 Å². The van der Waals surface area contributed by atoms with Gasteiger partial charge in [-0.1, -0.05) is 34.6 Å². The van der Waals surface area contributed by atoms with Gasteiger partial charge in [0.1, 0.15) is 0 Å². The molecule has 0 aromatic carbocycles. The van der Waals surface area contributed by atoms with Crippen LogP contribution in [0.4, 0.5) is 0 Å². The van der Waals surface area contributed by atoms with Crippen LogP contribution in [0.15, 0.2) is 0 Å². The number of carbonyl (C=O) groups is 1. The molecule has 1 heterocycles. The summed E-state index contributed by atoms with van der Waals surface area (Å²) in [5, 5.41) is 3.21. The molecule has 1 saturated heterocycles. The van der Waals surface area contributed by atoms with E-state index < -0.39 is 0 Å². The minimum absolute atomic E-state index is 0.262. The standard InChI is InChI=1S/C15H30N2O/c1-12(2)16-11-14(18)17-9-6-7-13(8-10-17)15(3,4)5/h12-13,16H,6-11H2,1-5H3. The first-order valence-corrected chi connectivity index (χ1v) is 7.32. The molecule has 0 aliphatic carbocycles. The summed E-state index contributed by atoms with van der Waals surface area (Å²) >= 11 is 0. The third-order valence-electron chi connectivity index (χ3n) is 3.97. The van der Waals surface area contributed by atoms with Gasteiger partial charge in [0.2, 0.25) is 5.91 Å². The van der Waals surface area contributed by atoms with Crippen LogP contribution < -0.4 is 5.32 Å². The van der Waals surface area contributed by atoms with Crippen molar-refractivity contribution in [2.45, 2.75) is 59.9 Å². The number of hydrogen-bond acceptors (Lipinski definition) is 2. The SMILES string of the molecule is CC(C)NCC(=O)N1CCCC(C(C)(C)C)CC1. The number of nitrogens with one attached hydrogen (secondary N) is 1. The van der Waals surface area contributed by atoms with Gasteiger partial charge in [-0.05, 0) is 30.6 Å². The lowest BCUT2D eigenvalue weighted by atomic mass is 9.77. The highest BCUT2D eigenvalue weighted by Gasteiger charge is 2.28. The number of nitrogens with zero attached hydrogens (tertiary/aromatic N) is 1. The van der Waals surface area contributed by atoms with Gasteiger partial charge in [-0.15, -0.1) is 0 Å². The zero-order valence-electron chi connectivity index (χ0n) is 12.8. The van der Waals surface area contributed by atoms with Crippen molar-refractivity contribution in [2.75, 3.05) is 19.6 Å². The molecular formula is C15H30N2O. The maximum Gasteiger partial charge on any atom is 0.236 e. The van der Waals surface area contributed by atoms with E-state index in [2.05, 4.69) is 39.9 Å². The van der Waals surface area contributed by atoms with E-state index in [1.54, 1.807) is 0 Å². The van der Waals surface area contributed by atoms with Crippen LogP contribution in [0.5, 0.6) is 0 Å². The molecule has 0 radical (unpaired) electrons. The van der Waals surface area contributed by atoms with E-state index in [1.807, 2.05) is 4.90 Å². The average Bonchev–Trinajstić information content (AvgIpc) is 2.50. The molecule has 1 unspecified atom stereocenters. The number of hydrogen-bond donors (Lipinski definition) is 1. The minimum Gasteiger partial charge on any atom is -0.342 e. The Kier molecular flexibility index (Phi) is 5.64. The third-order valence-corrected chi connectivity index (χ3v) is 3.97. The van der Waals surface area contributed by atoms with Crippen molar-refractivity contribution in [1.82, 2.24) is 10.2 Å². The zero-order chi connectivity index (χ0) is 13.8. The summed E-state index contributed by atoms with van der Waals surface area (Å²) in [4.78, 5) is 14.1. The Morgan fingerprint density at radius 3 is 2.50 bits per heavy atom. The summed E-state index contributed by atoms with van der Waals surface area (Å²) in [6, 6.07) is 0.378. The molecule has 0 spiro atoms. The van der Waals surface area contributed by atoms with Gasteiger partial charge in [0, 0.05) is 19.1 Å². The fraction of sp³-hybridized carbons (Fsp3) is 0.933. The fourth-order valence-electron chi connectivity index (χ4n) is 2.62. The summed E-state index contributed by atoms with van der Waals surface area (Å²) < 4.78 is 0. The normalized spacial score (nSPS) is 22.1. The van der Waals surface area contributed by atoms with Crippen molar-refractivity contribution < 1.29 is 4.79 Å². The van der Waals surface area contributed by atoms with Gasteiger partial charge < -0.3 is 10.2 Å². The summed E-state index contributed by atoms with van der Waals surface area (Å²) in [6.45, 7) is 13.4. The lowest BCUT2D eigenvalue weighted by Crippen LogP contribution is -2.40. The molecule has 0 aromatic heterocycles. The lowest BCUT2D eigenvalue weighted by Gasteiger charge is -2.29. The molecule has 1 aliphatic rings. The van der Waals surface area contributed by atoms with Gasteiger partial charge in [0.15, 0.2) is 0 Å². The summed E-state index contributed by atoms with van der Waals surface area (Å²) in [7, 11) is 0.